The first-order valence-corrected chi connectivity index (χ1v) is 7.39. The van der Waals surface area contributed by atoms with Gasteiger partial charge in [0.15, 0.2) is 11.5 Å². The molecule has 1 heterocycles. The van der Waals surface area contributed by atoms with Crippen LogP contribution in [0.25, 0.3) is 0 Å². The molecule has 0 amide bonds. The van der Waals surface area contributed by atoms with Crippen LogP contribution in [-0.4, -0.2) is 32.0 Å². The average molecular weight is 277 g/mol. The smallest absolute Gasteiger partial charge is 0.163 e. The lowest BCUT2D eigenvalue weighted by molar-refractivity contribution is 0.00639. The molecule has 1 saturated heterocycles. The van der Waals surface area contributed by atoms with Gasteiger partial charge in [-0.3, -0.25) is 0 Å². The van der Waals surface area contributed by atoms with Crippen LogP contribution >= 0.6 is 0 Å². The molecule has 4 nitrogen and oxygen atoms in total. The molecule has 20 heavy (non-hydrogen) atoms. The Morgan fingerprint density at radius 2 is 2.25 bits per heavy atom. The van der Waals surface area contributed by atoms with E-state index in [9.17, 15) is 0 Å². The lowest BCUT2D eigenvalue weighted by atomic mass is 10.0. The number of hydrogen-bond donors (Lipinski definition) is 1. The summed E-state index contributed by atoms with van der Waals surface area (Å²) in [7, 11) is 1.69. The van der Waals surface area contributed by atoms with Crippen LogP contribution in [0, 0.1) is 0 Å². The van der Waals surface area contributed by atoms with Crippen molar-refractivity contribution in [1.82, 2.24) is 0 Å². The first-order chi connectivity index (χ1) is 9.70. The highest BCUT2D eigenvalue weighted by molar-refractivity contribution is 5.48. The Labute approximate surface area is 120 Å². The molecule has 1 aliphatic carbocycles. The van der Waals surface area contributed by atoms with Gasteiger partial charge in [-0.1, -0.05) is 12.1 Å². The summed E-state index contributed by atoms with van der Waals surface area (Å²) in [6.45, 7) is 1.50. The van der Waals surface area contributed by atoms with E-state index in [1.54, 1.807) is 7.11 Å². The van der Waals surface area contributed by atoms with Crippen LogP contribution in [0.4, 0.5) is 0 Å². The fraction of sp³-hybridized carbons (Fsp3) is 0.625. The Balaban J connectivity index is 1.76. The predicted octanol–water partition coefficient (Wildman–Crippen LogP) is 2.29. The van der Waals surface area contributed by atoms with E-state index < -0.39 is 0 Å². The number of methoxy groups -OCH3 is 1. The minimum absolute atomic E-state index is 0.0279. The standard InChI is InChI=1S/C16H23NO3/c1-18-15-12(10-16(17)7-8-16)4-2-6-14(15)20-13-5-3-9-19-11-13/h2,4,6,13H,3,5,7-11,17H2,1H3. The summed E-state index contributed by atoms with van der Waals surface area (Å²) in [5.74, 6) is 1.64. The van der Waals surface area contributed by atoms with Crippen molar-refractivity contribution in [2.75, 3.05) is 20.3 Å². The van der Waals surface area contributed by atoms with Crippen molar-refractivity contribution < 1.29 is 14.2 Å². The van der Waals surface area contributed by atoms with Gasteiger partial charge in [0.1, 0.15) is 6.10 Å². The largest absolute Gasteiger partial charge is 0.493 e. The normalized spacial score (nSPS) is 24.2. The SMILES string of the molecule is COc1c(CC2(N)CC2)cccc1OC1CCCOC1. The van der Waals surface area contributed by atoms with Crippen LogP contribution in [0.3, 0.4) is 0 Å². The first-order valence-electron chi connectivity index (χ1n) is 7.39. The highest BCUT2D eigenvalue weighted by Gasteiger charge is 2.39. The summed E-state index contributed by atoms with van der Waals surface area (Å²) in [5, 5.41) is 0. The van der Waals surface area contributed by atoms with Crippen LogP contribution < -0.4 is 15.2 Å². The van der Waals surface area contributed by atoms with Gasteiger partial charge in [-0.05, 0) is 43.7 Å². The van der Waals surface area contributed by atoms with Crippen molar-refractivity contribution in [3.05, 3.63) is 23.8 Å². The van der Waals surface area contributed by atoms with Gasteiger partial charge in [0.05, 0.1) is 13.7 Å². The molecule has 0 radical (unpaired) electrons. The third-order valence-corrected chi connectivity index (χ3v) is 4.11. The summed E-state index contributed by atoms with van der Waals surface area (Å²) < 4.78 is 17.1. The van der Waals surface area contributed by atoms with Gasteiger partial charge >= 0.3 is 0 Å². The molecule has 2 fully saturated rings. The summed E-state index contributed by atoms with van der Waals surface area (Å²) >= 11 is 0. The van der Waals surface area contributed by atoms with Crippen molar-refractivity contribution in [2.45, 2.75) is 43.7 Å². The molecule has 1 aromatic rings. The molecule has 1 aliphatic heterocycles. The highest BCUT2D eigenvalue weighted by atomic mass is 16.5. The molecular formula is C16H23NO3. The monoisotopic (exact) mass is 277 g/mol. The molecule has 1 unspecified atom stereocenters. The van der Waals surface area contributed by atoms with Crippen LogP contribution in [0.2, 0.25) is 0 Å². The Kier molecular flexibility index (Phi) is 3.85. The van der Waals surface area contributed by atoms with Crippen molar-refractivity contribution in [2.24, 2.45) is 5.73 Å². The fourth-order valence-electron chi connectivity index (χ4n) is 2.73. The number of ether oxygens (including phenoxy) is 3. The van der Waals surface area contributed by atoms with Gasteiger partial charge in [-0.2, -0.15) is 0 Å². The third-order valence-electron chi connectivity index (χ3n) is 4.11. The molecule has 2 aliphatic rings. The van der Waals surface area contributed by atoms with Crippen molar-refractivity contribution in [3.63, 3.8) is 0 Å². The molecule has 4 heteroatoms. The zero-order valence-electron chi connectivity index (χ0n) is 12.1. The second-order valence-electron chi connectivity index (χ2n) is 5.94. The number of para-hydroxylation sites is 1. The summed E-state index contributed by atoms with van der Waals surface area (Å²) in [6.07, 6.45) is 5.26. The Morgan fingerprint density at radius 3 is 2.90 bits per heavy atom. The van der Waals surface area contributed by atoms with Gasteiger partial charge in [-0.25, -0.2) is 0 Å². The third kappa shape index (κ3) is 3.07. The maximum Gasteiger partial charge on any atom is 0.163 e. The van der Waals surface area contributed by atoms with E-state index in [0.717, 1.165) is 55.8 Å². The average Bonchev–Trinajstić information content (AvgIpc) is 3.18. The van der Waals surface area contributed by atoms with Crippen LogP contribution in [0.5, 0.6) is 11.5 Å². The molecule has 0 aromatic heterocycles. The lowest BCUT2D eigenvalue weighted by Crippen LogP contribution is -2.28. The molecule has 1 atom stereocenters. The topological polar surface area (TPSA) is 53.7 Å². The second-order valence-corrected chi connectivity index (χ2v) is 5.94. The van der Waals surface area contributed by atoms with Crippen LogP contribution in [-0.2, 0) is 11.2 Å². The zero-order chi connectivity index (χ0) is 14.0. The molecule has 110 valence electrons. The van der Waals surface area contributed by atoms with Crippen molar-refractivity contribution in [1.29, 1.82) is 0 Å². The Morgan fingerprint density at radius 1 is 1.40 bits per heavy atom. The highest BCUT2D eigenvalue weighted by Crippen LogP contribution is 2.40. The summed E-state index contributed by atoms with van der Waals surface area (Å²) in [5.41, 5.74) is 7.33. The Hall–Kier alpha value is -1.26. The van der Waals surface area contributed by atoms with E-state index >= 15 is 0 Å². The molecule has 1 saturated carbocycles. The second kappa shape index (κ2) is 5.62. The zero-order valence-corrected chi connectivity index (χ0v) is 12.1. The minimum Gasteiger partial charge on any atom is -0.493 e. The van der Waals surface area contributed by atoms with E-state index in [4.69, 9.17) is 19.9 Å². The molecular weight excluding hydrogens is 254 g/mol. The van der Waals surface area contributed by atoms with Gasteiger partial charge < -0.3 is 19.9 Å². The van der Waals surface area contributed by atoms with Crippen molar-refractivity contribution >= 4 is 0 Å². The molecule has 3 rings (SSSR count). The molecule has 0 bridgehead atoms. The quantitative estimate of drug-likeness (QED) is 0.897. The first kappa shape index (κ1) is 13.7. The fourth-order valence-corrected chi connectivity index (χ4v) is 2.73. The lowest BCUT2D eigenvalue weighted by Gasteiger charge is -2.25. The minimum atomic E-state index is -0.0279. The molecule has 2 N–H and O–H groups in total. The number of hydrogen-bond acceptors (Lipinski definition) is 4. The number of nitrogens with two attached hydrogens (primary N) is 1. The Bertz CT molecular complexity index is 465. The van der Waals surface area contributed by atoms with E-state index in [0.29, 0.717) is 6.61 Å². The maximum atomic E-state index is 6.22. The van der Waals surface area contributed by atoms with Gasteiger partial charge in [0, 0.05) is 12.1 Å². The molecule has 1 aromatic carbocycles. The predicted molar refractivity (Wildman–Crippen MR) is 77.3 cm³/mol. The number of benzene rings is 1. The number of rotatable bonds is 5. The van der Waals surface area contributed by atoms with Crippen molar-refractivity contribution in [3.8, 4) is 11.5 Å². The summed E-state index contributed by atoms with van der Waals surface area (Å²) in [4.78, 5) is 0. The molecule has 0 spiro atoms. The van der Waals surface area contributed by atoms with E-state index in [-0.39, 0.29) is 11.6 Å². The van der Waals surface area contributed by atoms with Gasteiger partial charge in [0.2, 0.25) is 0 Å². The van der Waals surface area contributed by atoms with Crippen LogP contribution in [0.15, 0.2) is 18.2 Å². The van der Waals surface area contributed by atoms with Gasteiger partial charge in [0.25, 0.3) is 0 Å². The van der Waals surface area contributed by atoms with Gasteiger partial charge in [-0.15, -0.1) is 0 Å². The van der Waals surface area contributed by atoms with E-state index in [2.05, 4.69) is 6.07 Å². The summed E-state index contributed by atoms with van der Waals surface area (Å²) in [6, 6.07) is 6.06. The van der Waals surface area contributed by atoms with E-state index in [1.165, 1.54) is 0 Å². The van der Waals surface area contributed by atoms with Crippen LogP contribution in [0.1, 0.15) is 31.2 Å². The van der Waals surface area contributed by atoms with E-state index in [1.807, 2.05) is 12.1 Å². The maximum absolute atomic E-state index is 6.22.